The van der Waals surface area contributed by atoms with Gasteiger partial charge in [0, 0.05) is 27.2 Å². The van der Waals surface area contributed by atoms with Gasteiger partial charge in [-0.1, -0.05) is 0 Å². The number of urea groups is 1. The van der Waals surface area contributed by atoms with Crippen LogP contribution in [0.1, 0.15) is 0 Å². The molecule has 13 heavy (non-hydrogen) atoms. The van der Waals surface area contributed by atoms with Crippen molar-refractivity contribution in [2.24, 2.45) is 0 Å². The second-order valence-corrected chi connectivity index (χ2v) is 2.72. The second-order valence-electron chi connectivity index (χ2n) is 2.72. The molecule has 0 unspecified atom stereocenters. The SMILES string of the molecule is CN(C)C(=O)NCCNCC(F)F. The van der Waals surface area contributed by atoms with Gasteiger partial charge in [-0.05, 0) is 0 Å². The van der Waals surface area contributed by atoms with Crippen LogP contribution in [-0.2, 0) is 0 Å². The summed E-state index contributed by atoms with van der Waals surface area (Å²) in [6.07, 6.45) is -2.34. The molecule has 0 aromatic rings. The third kappa shape index (κ3) is 7.45. The van der Waals surface area contributed by atoms with Crippen LogP contribution in [0.4, 0.5) is 13.6 Å². The molecule has 0 heterocycles. The molecule has 0 atom stereocenters. The van der Waals surface area contributed by atoms with Crippen molar-refractivity contribution in [3.63, 3.8) is 0 Å². The highest BCUT2D eigenvalue weighted by Gasteiger charge is 2.02. The summed E-state index contributed by atoms with van der Waals surface area (Å²) < 4.78 is 23.2. The fourth-order valence-corrected chi connectivity index (χ4v) is 0.627. The molecule has 0 saturated heterocycles. The van der Waals surface area contributed by atoms with Crippen molar-refractivity contribution in [2.45, 2.75) is 6.43 Å². The van der Waals surface area contributed by atoms with Crippen LogP contribution < -0.4 is 10.6 Å². The first-order valence-electron chi connectivity index (χ1n) is 3.98. The van der Waals surface area contributed by atoms with E-state index in [4.69, 9.17) is 0 Å². The summed E-state index contributed by atoms with van der Waals surface area (Å²) in [5.41, 5.74) is 0. The number of halogens is 2. The van der Waals surface area contributed by atoms with E-state index in [1.165, 1.54) is 4.90 Å². The van der Waals surface area contributed by atoms with Gasteiger partial charge in [0.1, 0.15) is 0 Å². The lowest BCUT2D eigenvalue weighted by atomic mass is 10.5. The van der Waals surface area contributed by atoms with Gasteiger partial charge in [-0.15, -0.1) is 0 Å². The maximum absolute atomic E-state index is 11.6. The summed E-state index contributed by atoms with van der Waals surface area (Å²) in [4.78, 5) is 12.3. The van der Waals surface area contributed by atoms with Crippen molar-refractivity contribution in [3.8, 4) is 0 Å². The Labute approximate surface area is 76.3 Å². The minimum absolute atomic E-state index is 0.223. The predicted octanol–water partition coefficient (Wildman–Crippen LogP) is 0.112. The quantitative estimate of drug-likeness (QED) is 0.612. The molecule has 0 saturated carbocycles. The van der Waals surface area contributed by atoms with E-state index in [2.05, 4.69) is 10.6 Å². The number of carbonyl (C=O) groups is 1. The van der Waals surface area contributed by atoms with E-state index in [-0.39, 0.29) is 12.6 Å². The summed E-state index contributed by atoms with van der Waals surface area (Å²) in [6.45, 7) is 0.367. The van der Waals surface area contributed by atoms with Crippen LogP contribution in [0.15, 0.2) is 0 Å². The third-order valence-corrected chi connectivity index (χ3v) is 1.28. The Morgan fingerprint density at radius 1 is 1.38 bits per heavy atom. The molecule has 0 bridgehead atoms. The maximum atomic E-state index is 11.6. The Balaban J connectivity index is 3.21. The van der Waals surface area contributed by atoms with E-state index in [9.17, 15) is 13.6 Å². The van der Waals surface area contributed by atoms with E-state index < -0.39 is 6.43 Å². The molecular weight excluding hydrogens is 180 g/mol. The molecule has 0 radical (unpaired) electrons. The Kier molecular flexibility index (Phi) is 6.13. The highest BCUT2D eigenvalue weighted by Crippen LogP contribution is 1.86. The topological polar surface area (TPSA) is 44.4 Å². The largest absolute Gasteiger partial charge is 0.337 e. The zero-order valence-electron chi connectivity index (χ0n) is 7.81. The molecule has 2 N–H and O–H groups in total. The minimum Gasteiger partial charge on any atom is -0.337 e. The van der Waals surface area contributed by atoms with E-state index in [1.54, 1.807) is 14.1 Å². The molecule has 0 fully saturated rings. The first-order chi connectivity index (χ1) is 6.04. The standard InChI is InChI=1S/C7H15F2N3O/c1-12(2)7(13)11-4-3-10-5-6(8)9/h6,10H,3-5H2,1-2H3,(H,11,13). The highest BCUT2D eigenvalue weighted by molar-refractivity contribution is 5.73. The number of amides is 2. The molecule has 78 valence electrons. The molecule has 0 rings (SSSR count). The van der Waals surface area contributed by atoms with Crippen LogP contribution in [0.2, 0.25) is 0 Å². The lowest BCUT2D eigenvalue weighted by Gasteiger charge is -2.11. The van der Waals surface area contributed by atoms with E-state index in [0.717, 1.165) is 0 Å². The summed E-state index contributed by atoms with van der Waals surface area (Å²) in [7, 11) is 3.23. The molecule has 0 spiro atoms. The molecule has 0 aromatic carbocycles. The van der Waals surface area contributed by atoms with Gasteiger partial charge in [-0.3, -0.25) is 0 Å². The van der Waals surface area contributed by atoms with Crippen LogP contribution in [0.5, 0.6) is 0 Å². The molecule has 0 aliphatic carbocycles. The van der Waals surface area contributed by atoms with Crippen LogP contribution in [0.25, 0.3) is 0 Å². The third-order valence-electron chi connectivity index (χ3n) is 1.28. The van der Waals surface area contributed by atoms with Gasteiger partial charge in [-0.2, -0.15) is 0 Å². The Morgan fingerprint density at radius 3 is 2.46 bits per heavy atom. The molecule has 0 aromatic heterocycles. The van der Waals surface area contributed by atoms with Gasteiger partial charge in [0.15, 0.2) is 0 Å². The lowest BCUT2D eigenvalue weighted by molar-refractivity contribution is 0.146. The second kappa shape index (κ2) is 6.59. The summed E-state index contributed by atoms with van der Waals surface area (Å²) >= 11 is 0. The van der Waals surface area contributed by atoms with Gasteiger partial charge in [-0.25, -0.2) is 13.6 Å². The number of alkyl halides is 2. The van der Waals surface area contributed by atoms with Crippen LogP contribution in [0, 0.1) is 0 Å². The van der Waals surface area contributed by atoms with Crippen LogP contribution in [-0.4, -0.2) is 51.1 Å². The molecule has 4 nitrogen and oxygen atoms in total. The fourth-order valence-electron chi connectivity index (χ4n) is 0.627. The number of hydrogen-bond acceptors (Lipinski definition) is 2. The summed E-state index contributed by atoms with van der Waals surface area (Å²) in [6, 6.07) is -0.223. The van der Waals surface area contributed by atoms with Crippen molar-refractivity contribution in [1.29, 1.82) is 0 Å². The number of carbonyl (C=O) groups excluding carboxylic acids is 1. The number of rotatable bonds is 5. The van der Waals surface area contributed by atoms with Crippen LogP contribution in [0.3, 0.4) is 0 Å². The lowest BCUT2D eigenvalue weighted by Crippen LogP contribution is -2.39. The van der Waals surface area contributed by atoms with Gasteiger partial charge >= 0.3 is 6.03 Å². The minimum atomic E-state index is -2.34. The molecule has 0 aliphatic heterocycles. The van der Waals surface area contributed by atoms with Crippen molar-refractivity contribution in [2.75, 3.05) is 33.7 Å². The van der Waals surface area contributed by atoms with Crippen molar-refractivity contribution in [3.05, 3.63) is 0 Å². The first kappa shape index (κ1) is 12.1. The molecule has 6 heteroatoms. The smallest absolute Gasteiger partial charge is 0.316 e. The fraction of sp³-hybridized carbons (Fsp3) is 0.857. The molecule has 0 aliphatic rings. The predicted molar refractivity (Wildman–Crippen MR) is 46.0 cm³/mol. The van der Waals surface area contributed by atoms with Gasteiger partial charge < -0.3 is 15.5 Å². The van der Waals surface area contributed by atoms with E-state index >= 15 is 0 Å². The summed E-state index contributed by atoms with van der Waals surface area (Å²) in [5, 5.41) is 5.03. The number of nitrogens with zero attached hydrogens (tertiary/aromatic N) is 1. The normalized spacial score (nSPS) is 10.2. The first-order valence-corrected chi connectivity index (χ1v) is 3.98. The molecular formula is C7H15F2N3O. The van der Waals surface area contributed by atoms with Gasteiger partial charge in [0.2, 0.25) is 0 Å². The van der Waals surface area contributed by atoms with Crippen molar-refractivity contribution in [1.82, 2.24) is 15.5 Å². The average molecular weight is 195 g/mol. The zero-order chi connectivity index (χ0) is 10.3. The number of nitrogens with one attached hydrogen (secondary N) is 2. The monoisotopic (exact) mass is 195 g/mol. The van der Waals surface area contributed by atoms with Gasteiger partial charge in [0.25, 0.3) is 6.43 Å². The van der Waals surface area contributed by atoms with E-state index in [1.807, 2.05) is 0 Å². The van der Waals surface area contributed by atoms with Crippen LogP contribution >= 0.6 is 0 Å². The Bertz CT molecular complexity index is 153. The summed E-state index contributed by atoms with van der Waals surface area (Å²) in [5.74, 6) is 0. The average Bonchev–Trinajstić information content (AvgIpc) is 2.02. The highest BCUT2D eigenvalue weighted by atomic mass is 19.3. The van der Waals surface area contributed by atoms with Crippen molar-refractivity contribution >= 4 is 6.03 Å². The van der Waals surface area contributed by atoms with Gasteiger partial charge in [0.05, 0.1) is 6.54 Å². The molecule has 2 amide bonds. The maximum Gasteiger partial charge on any atom is 0.316 e. The van der Waals surface area contributed by atoms with Crippen molar-refractivity contribution < 1.29 is 13.6 Å². The Hall–Kier alpha value is -0.910. The Morgan fingerprint density at radius 2 is 2.00 bits per heavy atom. The number of hydrogen-bond donors (Lipinski definition) is 2. The zero-order valence-corrected chi connectivity index (χ0v) is 7.81. The van der Waals surface area contributed by atoms with E-state index in [0.29, 0.717) is 13.1 Å².